The third kappa shape index (κ3) is 6.27. The SMILES string of the molecule is CCOc1ccc(-n2c(SCC(=O)NN=Cc3ccc(OC)cc3)nnc2-c2ccccc2)cc1. The molecular formula is C26H25N5O3S. The van der Waals surface area contributed by atoms with Gasteiger partial charge in [-0.1, -0.05) is 42.1 Å². The van der Waals surface area contributed by atoms with Crippen LogP contribution in [0.2, 0.25) is 0 Å². The van der Waals surface area contributed by atoms with Crippen molar-refractivity contribution in [2.24, 2.45) is 5.10 Å². The lowest BCUT2D eigenvalue weighted by atomic mass is 10.2. The lowest BCUT2D eigenvalue weighted by Crippen LogP contribution is -2.20. The van der Waals surface area contributed by atoms with Gasteiger partial charge < -0.3 is 9.47 Å². The van der Waals surface area contributed by atoms with Gasteiger partial charge in [-0.05, 0) is 61.0 Å². The zero-order valence-corrected chi connectivity index (χ0v) is 20.2. The molecule has 0 saturated heterocycles. The van der Waals surface area contributed by atoms with Crippen LogP contribution in [0, 0.1) is 0 Å². The Morgan fingerprint density at radius 2 is 1.71 bits per heavy atom. The zero-order valence-electron chi connectivity index (χ0n) is 19.4. The van der Waals surface area contributed by atoms with Gasteiger partial charge in [-0.2, -0.15) is 5.10 Å². The van der Waals surface area contributed by atoms with Crippen molar-refractivity contribution in [1.29, 1.82) is 0 Å². The first-order valence-corrected chi connectivity index (χ1v) is 12.0. The predicted octanol–water partition coefficient (Wildman–Crippen LogP) is 4.58. The number of hydrogen-bond donors (Lipinski definition) is 1. The van der Waals surface area contributed by atoms with Crippen molar-refractivity contribution in [2.45, 2.75) is 12.1 Å². The summed E-state index contributed by atoms with van der Waals surface area (Å²) in [6, 6.07) is 24.9. The van der Waals surface area contributed by atoms with Gasteiger partial charge >= 0.3 is 0 Å². The minimum absolute atomic E-state index is 0.129. The largest absolute Gasteiger partial charge is 0.497 e. The Morgan fingerprint density at radius 1 is 1.00 bits per heavy atom. The fourth-order valence-corrected chi connectivity index (χ4v) is 4.00. The Labute approximate surface area is 208 Å². The summed E-state index contributed by atoms with van der Waals surface area (Å²) in [5, 5.41) is 13.4. The molecule has 9 heteroatoms. The summed E-state index contributed by atoms with van der Waals surface area (Å²) in [6.07, 6.45) is 1.58. The summed E-state index contributed by atoms with van der Waals surface area (Å²) in [4.78, 5) is 12.4. The second kappa shape index (κ2) is 11.8. The molecule has 3 aromatic carbocycles. The summed E-state index contributed by atoms with van der Waals surface area (Å²) in [6.45, 7) is 2.54. The van der Waals surface area contributed by atoms with Gasteiger partial charge in [0.15, 0.2) is 11.0 Å². The van der Waals surface area contributed by atoms with Gasteiger partial charge in [-0.3, -0.25) is 9.36 Å². The standard InChI is InChI=1S/C26H25N5O3S/c1-3-34-23-15-11-21(12-16-23)31-25(20-7-5-4-6-8-20)29-30-26(31)35-18-24(32)28-27-17-19-9-13-22(33-2)14-10-19/h4-17H,3,18H2,1-2H3,(H,28,32). The highest BCUT2D eigenvalue weighted by atomic mass is 32.2. The molecule has 0 saturated carbocycles. The molecule has 4 rings (SSSR count). The molecular weight excluding hydrogens is 462 g/mol. The maximum Gasteiger partial charge on any atom is 0.250 e. The zero-order chi connectivity index (χ0) is 24.5. The van der Waals surface area contributed by atoms with Crippen molar-refractivity contribution in [2.75, 3.05) is 19.5 Å². The summed E-state index contributed by atoms with van der Waals surface area (Å²) in [7, 11) is 1.61. The van der Waals surface area contributed by atoms with E-state index in [1.165, 1.54) is 11.8 Å². The fraction of sp³-hybridized carbons (Fsp3) is 0.154. The number of hydrazone groups is 1. The van der Waals surface area contributed by atoms with Gasteiger partial charge in [-0.25, -0.2) is 5.43 Å². The van der Waals surface area contributed by atoms with Crippen LogP contribution in [0.4, 0.5) is 0 Å². The number of carbonyl (C=O) groups is 1. The van der Waals surface area contributed by atoms with E-state index in [0.717, 1.165) is 28.3 Å². The number of nitrogens with zero attached hydrogens (tertiary/aromatic N) is 4. The van der Waals surface area contributed by atoms with Gasteiger partial charge in [0.2, 0.25) is 0 Å². The normalized spacial score (nSPS) is 10.9. The average molecular weight is 488 g/mol. The van der Waals surface area contributed by atoms with Crippen LogP contribution >= 0.6 is 11.8 Å². The Morgan fingerprint density at radius 3 is 2.40 bits per heavy atom. The van der Waals surface area contributed by atoms with Crippen molar-refractivity contribution in [3.05, 3.63) is 84.4 Å². The quantitative estimate of drug-likeness (QED) is 0.200. The number of nitrogens with one attached hydrogen (secondary N) is 1. The second-order valence-electron chi connectivity index (χ2n) is 7.29. The van der Waals surface area contributed by atoms with E-state index in [1.807, 2.05) is 90.4 Å². The number of thioether (sulfide) groups is 1. The Kier molecular flexibility index (Phi) is 8.13. The summed E-state index contributed by atoms with van der Waals surface area (Å²) >= 11 is 1.29. The number of ether oxygens (including phenoxy) is 2. The fourth-order valence-electron chi connectivity index (χ4n) is 3.26. The number of aromatic nitrogens is 3. The molecule has 4 aromatic rings. The molecule has 1 N–H and O–H groups in total. The van der Waals surface area contributed by atoms with Crippen LogP contribution in [-0.4, -0.2) is 46.4 Å². The third-order valence-electron chi connectivity index (χ3n) is 4.92. The molecule has 0 bridgehead atoms. The lowest BCUT2D eigenvalue weighted by molar-refractivity contribution is -0.118. The number of rotatable bonds is 10. The number of amides is 1. The Balaban J connectivity index is 1.48. The molecule has 0 unspecified atom stereocenters. The smallest absolute Gasteiger partial charge is 0.250 e. The van der Waals surface area contributed by atoms with E-state index < -0.39 is 0 Å². The highest BCUT2D eigenvalue weighted by molar-refractivity contribution is 7.99. The van der Waals surface area contributed by atoms with Crippen LogP contribution in [0.15, 0.2) is 89.1 Å². The van der Waals surface area contributed by atoms with Crippen LogP contribution in [0.5, 0.6) is 11.5 Å². The molecule has 0 aliphatic heterocycles. The summed E-state index contributed by atoms with van der Waals surface area (Å²) < 4.78 is 12.6. The first kappa shape index (κ1) is 24.0. The van der Waals surface area contributed by atoms with Gasteiger partial charge in [0.05, 0.1) is 25.7 Å². The average Bonchev–Trinajstić information content (AvgIpc) is 3.33. The second-order valence-corrected chi connectivity index (χ2v) is 8.23. The van der Waals surface area contributed by atoms with Gasteiger partial charge in [0.1, 0.15) is 11.5 Å². The Hall–Kier alpha value is -4.11. The van der Waals surface area contributed by atoms with Gasteiger partial charge in [-0.15, -0.1) is 10.2 Å². The third-order valence-corrected chi connectivity index (χ3v) is 5.85. The molecule has 0 aliphatic carbocycles. The van der Waals surface area contributed by atoms with E-state index in [0.29, 0.717) is 17.6 Å². The first-order chi connectivity index (χ1) is 17.2. The minimum Gasteiger partial charge on any atom is -0.497 e. The van der Waals surface area contributed by atoms with E-state index in [9.17, 15) is 4.79 Å². The van der Waals surface area contributed by atoms with Crippen molar-refractivity contribution < 1.29 is 14.3 Å². The predicted molar refractivity (Wildman–Crippen MR) is 137 cm³/mol. The molecule has 1 aromatic heterocycles. The first-order valence-electron chi connectivity index (χ1n) is 11.0. The molecule has 0 aliphatic rings. The number of methoxy groups -OCH3 is 1. The molecule has 0 fully saturated rings. The van der Waals surface area contributed by atoms with Crippen molar-refractivity contribution in [3.8, 4) is 28.6 Å². The molecule has 35 heavy (non-hydrogen) atoms. The topological polar surface area (TPSA) is 90.6 Å². The van der Waals surface area contributed by atoms with Gasteiger partial charge in [0, 0.05) is 11.3 Å². The van der Waals surface area contributed by atoms with Crippen LogP contribution in [0.3, 0.4) is 0 Å². The monoisotopic (exact) mass is 487 g/mol. The Bertz CT molecular complexity index is 1270. The molecule has 1 heterocycles. The highest BCUT2D eigenvalue weighted by Crippen LogP contribution is 2.28. The summed E-state index contributed by atoms with van der Waals surface area (Å²) in [5.41, 5.74) is 5.20. The molecule has 178 valence electrons. The number of carbonyl (C=O) groups excluding carboxylic acids is 1. The van der Waals surface area contributed by atoms with E-state index in [1.54, 1.807) is 13.3 Å². The lowest BCUT2D eigenvalue weighted by Gasteiger charge is -2.11. The van der Waals surface area contributed by atoms with Crippen LogP contribution in [0.1, 0.15) is 12.5 Å². The molecule has 1 amide bonds. The number of benzene rings is 3. The molecule has 0 spiro atoms. The maximum absolute atomic E-state index is 12.4. The van der Waals surface area contributed by atoms with Crippen LogP contribution in [-0.2, 0) is 4.79 Å². The minimum atomic E-state index is -0.248. The molecule has 0 atom stereocenters. The van der Waals surface area contributed by atoms with E-state index >= 15 is 0 Å². The van der Waals surface area contributed by atoms with Crippen LogP contribution in [0.25, 0.3) is 17.1 Å². The van der Waals surface area contributed by atoms with E-state index in [2.05, 4.69) is 20.7 Å². The van der Waals surface area contributed by atoms with Crippen molar-refractivity contribution in [1.82, 2.24) is 20.2 Å². The summed E-state index contributed by atoms with van der Waals surface area (Å²) in [5.74, 6) is 2.12. The van der Waals surface area contributed by atoms with Crippen LogP contribution < -0.4 is 14.9 Å². The maximum atomic E-state index is 12.4. The number of hydrogen-bond acceptors (Lipinski definition) is 7. The molecule has 0 radical (unpaired) electrons. The molecule has 8 nitrogen and oxygen atoms in total. The van der Waals surface area contributed by atoms with Gasteiger partial charge in [0.25, 0.3) is 5.91 Å². The van der Waals surface area contributed by atoms with Crippen molar-refractivity contribution >= 4 is 23.9 Å². The van der Waals surface area contributed by atoms with Crippen molar-refractivity contribution in [3.63, 3.8) is 0 Å². The highest BCUT2D eigenvalue weighted by Gasteiger charge is 2.17. The van der Waals surface area contributed by atoms with E-state index in [4.69, 9.17) is 9.47 Å². The van der Waals surface area contributed by atoms with E-state index in [-0.39, 0.29) is 11.7 Å².